The van der Waals surface area contributed by atoms with E-state index in [1.165, 1.54) is 41.5 Å². The Morgan fingerprint density at radius 1 is 1.19 bits per heavy atom. The van der Waals surface area contributed by atoms with Gasteiger partial charge in [-0.05, 0) is 79.0 Å². The van der Waals surface area contributed by atoms with Gasteiger partial charge in [0.05, 0.1) is 29.6 Å². The van der Waals surface area contributed by atoms with Crippen molar-refractivity contribution < 1.29 is 9.84 Å². The summed E-state index contributed by atoms with van der Waals surface area (Å²) in [6.07, 6.45) is 7.32. The van der Waals surface area contributed by atoms with Crippen LogP contribution in [0.3, 0.4) is 0 Å². The van der Waals surface area contributed by atoms with Crippen molar-refractivity contribution in [2.24, 2.45) is 0 Å². The number of ether oxygens (including phenoxy) is 1. The van der Waals surface area contributed by atoms with Gasteiger partial charge in [0, 0.05) is 13.2 Å². The quantitative estimate of drug-likeness (QED) is 0.744. The topological polar surface area (TPSA) is 47.3 Å². The lowest BCUT2D eigenvalue weighted by Gasteiger charge is -2.19. The normalized spacial score (nSPS) is 20.3. The zero-order chi connectivity index (χ0) is 18.4. The Hall–Kier alpha value is -2.17. The molecule has 1 N–H and O–H groups in total. The molecule has 140 valence electrons. The molecule has 5 rings (SSSR count). The molecule has 3 aromatic rings. The fourth-order valence-electron chi connectivity index (χ4n) is 4.65. The second-order valence-electron chi connectivity index (χ2n) is 7.98. The Labute approximate surface area is 159 Å². The Bertz CT molecular complexity index is 983. The second kappa shape index (κ2) is 6.77. The molecular formula is C23H26N2O2. The minimum Gasteiger partial charge on any atom is -0.389 e. The average molecular weight is 362 g/mol. The summed E-state index contributed by atoms with van der Waals surface area (Å²) in [5, 5.41) is 10.3. The molecule has 1 unspecified atom stereocenters. The molecule has 1 aliphatic heterocycles. The number of rotatable bonds is 4. The highest BCUT2D eigenvalue weighted by Gasteiger charge is 2.22. The average Bonchev–Trinajstić information content (AvgIpc) is 3.41. The number of aliphatic hydroxyl groups excluding tert-OH is 1. The van der Waals surface area contributed by atoms with Crippen LogP contribution in [0.1, 0.15) is 66.2 Å². The number of imidazole rings is 1. The first-order valence-corrected chi connectivity index (χ1v) is 10.1. The van der Waals surface area contributed by atoms with E-state index in [0.717, 1.165) is 42.6 Å². The van der Waals surface area contributed by atoms with Crippen molar-refractivity contribution in [3.05, 3.63) is 64.5 Å². The highest BCUT2D eigenvalue weighted by molar-refractivity contribution is 5.78. The van der Waals surface area contributed by atoms with E-state index in [9.17, 15) is 5.11 Å². The zero-order valence-corrected chi connectivity index (χ0v) is 15.8. The van der Waals surface area contributed by atoms with Crippen LogP contribution in [0.4, 0.5) is 0 Å². The molecule has 0 spiro atoms. The summed E-state index contributed by atoms with van der Waals surface area (Å²) in [5.74, 6) is 0. The molecule has 4 nitrogen and oxygen atoms in total. The van der Waals surface area contributed by atoms with Gasteiger partial charge in [-0.25, -0.2) is 4.98 Å². The van der Waals surface area contributed by atoms with E-state index in [1.807, 2.05) is 13.3 Å². The summed E-state index contributed by atoms with van der Waals surface area (Å²) in [6, 6.07) is 11.0. The van der Waals surface area contributed by atoms with Crippen LogP contribution in [0.25, 0.3) is 11.0 Å². The lowest BCUT2D eigenvalue weighted by Crippen LogP contribution is -2.07. The summed E-state index contributed by atoms with van der Waals surface area (Å²) in [4.78, 5) is 4.62. The summed E-state index contributed by atoms with van der Waals surface area (Å²) < 4.78 is 8.07. The Kier molecular flexibility index (Phi) is 4.25. The Balaban J connectivity index is 1.48. The van der Waals surface area contributed by atoms with Crippen molar-refractivity contribution in [1.29, 1.82) is 0 Å². The van der Waals surface area contributed by atoms with Gasteiger partial charge < -0.3 is 14.4 Å². The summed E-state index contributed by atoms with van der Waals surface area (Å²) in [5.41, 5.74) is 8.55. The van der Waals surface area contributed by atoms with E-state index in [1.54, 1.807) is 0 Å². The van der Waals surface area contributed by atoms with Crippen molar-refractivity contribution in [1.82, 2.24) is 9.55 Å². The van der Waals surface area contributed by atoms with Crippen LogP contribution < -0.4 is 0 Å². The SMILES string of the molecule is CC(O)c1cc(Cn2cnc3cc4c(cc32)CCC4)ccc1[C@@H]1CCCO1. The van der Waals surface area contributed by atoms with Gasteiger partial charge in [0.1, 0.15) is 0 Å². The highest BCUT2D eigenvalue weighted by atomic mass is 16.5. The van der Waals surface area contributed by atoms with Crippen molar-refractivity contribution in [3.63, 3.8) is 0 Å². The fourth-order valence-corrected chi connectivity index (χ4v) is 4.65. The van der Waals surface area contributed by atoms with Gasteiger partial charge in [0.25, 0.3) is 0 Å². The fraction of sp³-hybridized carbons (Fsp3) is 0.435. The number of fused-ring (bicyclic) bond motifs is 2. The molecule has 2 aliphatic rings. The van der Waals surface area contributed by atoms with E-state index >= 15 is 0 Å². The smallest absolute Gasteiger partial charge is 0.0961 e. The monoisotopic (exact) mass is 362 g/mol. The molecule has 0 radical (unpaired) electrons. The van der Waals surface area contributed by atoms with Gasteiger partial charge in [-0.3, -0.25) is 0 Å². The third-order valence-electron chi connectivity index (χ3n) is 6.07. The zero-order valence-electron chi connectivity index (χ0n) is 15.8. The summed E-state index contributed by atoms with van der Waals surface area (Å²) >= 11 is 0. The van der Waals surface area contributed by atoms with Gasteiger partial charge in [0.2, 0.25) is 0 Å². The number of nitrogens with zero attached hydrogens (tertiary/aromatic N) is 2. The van der Waals surface area contributed by atoms with E-state index in [-0.39, 0.29) is 6.10 Å². The molecule has 0 saturated carbocycles. The van der Waals surface area contributed by atoms with Gasteiger partial charge in [-0.2, -0.15) is 0 Å². The molecule has 1 saturated heterocycles. The van der Waals surface area contributed by atoms with Crippen LogP contribution in [0.2, 0.25) is 0 Å². The molecule has 1 fully saturated rings. The largest absolute Gasteiger partial charge is 0.389 e. The van der Waals surface area contributed by atoms with Crippen molar-refractivity contribution in [3.8, 4) is 0 Å². The van der Waals surface area contributed by atoms with Crippen LogP contribution in [-0.4, -0.2) is 21.3 Å². The van der Waals surface area contributed by atoms with Crippen LogP contribution >= 0.6 is 0 Å². The van der Waals surface area contributed by atoms with E-state index in [2.05, 4.69) is 39.9 Å². The molecule has 1 aliphatic carbocycles. The summed E-state index contributed by atoms with van der Waals surface area (Å²) in [6.45, 7) is 3.42. The molecule has 2 aromatic carbocycles. The number of aliphatic hydroxyl groups is 1. The number of hydrogen-bond donors (Lipinski definition) is 1. The Morgan fingerprint density at radius 3 is 2.81 bits per heavy atom. The van der Waals surface area contributed by atoms with Crippen molar-refractivity contribution in [2.45, 2.75) is 57.8 Å². The molecule has 1 aromatic heterocycles. The van der Waals surface area contributed by atoms with Crippen molar-refractivity contribution in [2.75, 3.05) is 6.61 Å². The molecule has 2 heterocycles. The molecule has 27 heavy (non-hydrogen) atoms. The second-order valence-corrected chi connectivity index (χ2v) is 7.98. The highest BCUT2D eigenvalue weighted by Crippen LogP contribution is 2.34. The first-order valence-electron chi connectivity index (χ1n) is 10.1. The van der Waals surface area contributed by atoms with E-state index < -0.39 is 6.10 Å². The maximum Gasteiger partial charge on any atom is 0.0961 e. The number of aryl methyl sites for hydroxylation is 2. The van der Waals surface area contributed by atoms with Crippen LogP contribution in [0.15, 0.2) is 36.7 Å². The van der Waals surface area contributed by atoms with Gasteiger partial charge >= 0.3 is 0 Å². The molecule has 0 amide bonds. The number of hydrogen-bond acceptors (Lipinski definition) is 3. The Morgan fingerprint density at radius 2 is 2.04 bits per heavy atom. The lowest BCUT2D eigenvalue weighted by atomic mass is 9.95. The summed E-state index contributed by atoms with van der Waals surface area (Å²) in [7, 11) is 0. The maximum atomic E-state index is 10.3. The molecular weight excluding hydrogens is 336 g/mol. The molecule has 0 bridgehead atoms. The minimum atomic E-state index is -0.494. The third-order valence-corrected chi connectivity index (χ3v) is 6.07. The first-order chi connectivity index (χ1) is 13.2. The van der Waals surface area contributed by atoms with E-state index in [0.29, 0.717) is 0 Å². The predicted molar refractivity (Wildman–Crippen MR) is 106 cm³/mol. The van der Waals surface area contributed by atoms with Crippen molar-refractivity contribution >= 4 is 11.0 Å². The van der Waals surface area contributed by atoms with E-state index in [4.69, 9.17) is 4.74 Å². The van der Waals surface area contributed by atoms with Gasteiger partial charge in [0.15, 0.2) is 0 Å². The van der Waals surface area contributed by atoms with Crippen LogP contribution in [0.5, 0.6) is 0 Å². The van der Waals surface area contributed by atoms with Gasteiger partial charge in [-0.1, -0.05) is 18.2 Å². The maximum absolute atomic E-state index is 10.3. The van der Waals surface area contributed by atoms with Gasteiger partial charge in [-0.15, -0.1) is 0 Å². The first kappa shape index (κ1) is 17.0. The number of benzene rings is 2. The lowest BCUT2D eigenvalue weighted by molar-refractivity contribution is 0.107. The number of aromatic nitrogens is 2. The van der Waals surface area contributed by atoms with Crippen LogP contribution in [0, 0.1) is 0 Å². The third kappa shape index (κ3) is 3.07. The molecule has 4 heteroatoms. The van der Waals surface area contributed by atoms with Crippen LogP contribution in [-0.2, 0) is 24.1 Å². The standard InChI is InChI=1S/C23H26N2O2/c1-15(26)20-10-16(7-8-19(20)23-6-3-9-27-23)13-25-14-24-21-11-17-4-2-5-18(17)12-22(21)25/h7-8,10-12,14-15,23,26H,2-6,9,13H2,1H3/t15?,23-/m0/s1. The molecule has 2 atom stereocenters. The minimum absolute atomic E-state index is 0.125. The predicted octanol–water partition coefficient (Wildman–Crippen LogP) is 4.48.